The number of carbonyl (C=O) groups is 3. The molecule has 110 valence electrons. The molecule has 7 nitrogen and oxygen atoms in total. The van der Waals surface area contributed by atoms with Gasteiger partial charge in [-0.05, 0) is 13.8 Å². The zero-order valence-corrected chi connectivity index (χ0v) is 11.9. The SMILES string of the molecule is CC(NC(=O)C(C)(C)C)C(=O)N[C@H](C(=O)O)[C@@H](C)O. The predicted octanol–water partition coefficient (Wildman–Crippen LogP) is -0.513. The number of carbonyl (C=O) groups excluding carboxylic acids is 2. The van der Waals surface area contributed by atoms with Crippen LogP contribution in [0.25, 0.3) is 0 Å². The number of aliphatic carboxylic acids is 1. The van der Waals surface area contributed by atoms with Gasteiger partial charge in [0.2, 0.25) is 11.8 Å². The predicted molar refractivity (Wildman–Crippen MR) is 68.3 cm³/mol. The molecule has 1 unspecified atom stereocenters. The highest BCUT2D eigenvalue weighted by molar-refractivity contribution is 5.91. The second-order valence-corrected chi connectivity index (χ2v) is 5.51. The van der Waals surface area contributed by atoms with Gasteiger partial charge in [-0.1, -0.05) is 20.8 Å². The summed E-state index contributed by atoms with van der Waals surface area (Å²) in [6, 6.07) is -2.28. The van der Waals surface area contributed by atoms with E-state index in [4.69, 9.17) is 5.11 Å². The molecular weight excluding hydrogens is 252 g/mol. The third-order valence-electron chi connectivity index (χ3n) is 2.47. The molecule has 0 aliphatic carbocycles. The summed E-state index contributed by atoms with van der Waals surface area (Å²) in [7, 11) is 0. The number of rotatable bonds is 5. The first-order chi connectivity index (χ1) is 8.46. The summed E-state index contributed by atoms with van der Waals surface area (Å²) in [6.45, 7) is 7.80. The molecule has 0 aliphatic rings. The van der Waals surface area contributed by atoms with Crippen molar-refractivity contribution in [3.63, 3.8) is 0 Å². The molecule has 0 saturated heterocycles. The van der Waals surface area contributed by atoms with Crippen LogP contribution in [0.2, 0.25) is 0 Å². The van der Waals surface area contributed by atoms with Crippen LogP contribution in [0.5, 0.6) is 0 Å². The van der Waals surface area contributed by atoms with Gasteiger partial charge in [0.1, 0.15) is 6.04 Å². The average molecular weight is 274 g/mol. The fourth-order valence-electron chi connectivity index (χ4n) is 1.15. The van der Waals surface area contributed by atoms with Crippen molar-refractivity contribution in [2.75, 3.05) is 0 Å². The van der Waals surface area contributed by atoms with E-state index in [1.807, 2.05) is 0 Å². The first kappa shape index (κ1) is 17.4. The Hall–Kier alpha value is -1.63. The van der Waals surface area contributed by atoms with Crippen LogP contribution in [-0.2, 0) is 14.4 Å². The molecule has 3 atom stereocenters. The van der Waals surface area contributed by atoms with E-state index in [1.54, 1.807) is 20.8 Å². The minimum absolute atomic E-state index is 0.320. The van der Waals surface area contributed by atoms with Crippen LogP contribution < -0.4 is 10.6 Å². The lowest BCUT2D eigenvalue weighted by molar-refractivity contribution is -0.145. The van der Waals surface area contributed by atoms with Gasteiger partial charge < -0.3 is 20.8 Å². The fraction of sp³-hybridized carbons (Fsp3) is 0.750. The number of aliphatic hydroxyl groups excluding tert-OH is 1. The van der Waals surface area contributed by atoms with E-state index in [0.717, 1.165) is 0 Å². The molecule has 0 aromatic carbocycles. The number of carboxylic acids is 1. The van der Waals surface area contributed by atoms with Gasteiger partial charge in [0, 0.05) is 5.41 Å². The van der Waals surface area contributed by atoms with E-state index < -0.39 is 35.5 Å². The van der Waals surface area contributed by atoms with Gasteiger partial charge in [-0.2, -0.15) is 0 Å². The van der Waals surface area contributed by atoms with Crippen molar-refractivity contribution in [3.8, 4) is 0 Å². The van der Waals surface area contributed by atoms with E-state index in [1.165, 1.54) is 13.8 Å². The van der Waals surface area contributed by atoms with Gasteiger partial charge in [0.25, 0.3) is 0 Å². The highest BCUT2D eigenvalue weighted by Gasteiger charge is 2.29. The average Bonchev–Trinajstić information content (AvgIpc) is 2.22. The lowest BCUT2D eigenvalue weighted by Crippen LogP contribution is -2.54. The Morgan fingerprint density at radius 2 is 1.53 bits per heavy atom. The molecule has 7 heteroatoms. The van der Waals surface area contributed by atoms with E-state index >= 15 is 0 Å². The first-order valence-electron chi connectivity index (χ1n) is 5.99. The lowest BCUT2D eigenvalue weighted by Gasteiger charge is -2.23. The van der Waals surface area contributed by atoms with Crippen LogP contribution in [0, 0.1) is 5.41 Å². The third-order valence-corrected chi connectivity index (χ3v) is 2.47. The maximum atomic E-state index is 11.7. The van der Waals surface area contributed by atoms with Gasteiger partial charge in [-0.15, -0.1) is 0 Å². The maximum absolute atomic E-state index is 11.7. The number of nitrogens with one attached hydrogen (secondary N) is 2. The van der Waals surface area contributed by atoms with Crippen LogP contribution in [0.15, 0.2) is 0 Å². The monoisotopic (exact) mass is 274 g/mol. The van der Waals surface area contributed by atoms with E-state index in [9.17, 15) is 19.5 Å². The molecule has 0 aromatic rings. The Kier molecular flexibility index (Phi) is 5.95. The minimum Gasteiger partial charge on any atom is -0.480 e. The van der Waals surface area contributed by atoms with Crippen molar-refractivity contribution < 1.29 is 24.6 Å². The maximum Gasteiger partial charge on any atom is 0.328 e. The summed E-state index contributed by atoms with van der Waals surface area (Å²) < 4.78 is 0. The standard InChI is InChI=1S/C12H22N2O5/c1-6(13-11(19)12(3,4)5)9(16)14-8(7(2)15)10(17)18/h6-8,15H,1-5H3,(H,13,19)(H,14,16)(H,17,18)/t6?,7-,8+/m1/s1. The molecule has 0 spiro atoms. The largest absolute Gasteiger partial charge is 0.480 e. The summed E-state index contributed by atoms with van der Waals surface area (Å²) in [6.07, 6.45) is -1.23. The van der Waals surface area contributed by atoms with Crippen molar-refractivity contribution in [1.29, 1.82) is 0 Å². The number of carboxylic acid groups (broad SMARTS) is 1. The van der Waals surface area contributed by atoms with E-state index in [-0.39, 0.29) is 5.91 Å². The van der Waals surface area contributed by atoms with Crippen molar-refractivity contribution in [1.82, 2.24) is 10.6 Å². The Morgan fingerprint density at radius 3 is 1.84 bits per heavy atom. The quantitative estimate of drug-likeness (QED) is 0.539. The molecule has 0 radical (unpaired) electrons. The molecule has 0 saturated carbocycles. The lowest BCUT2D eigenvalue weighted by atomic mass is 9.95. The molecule has 0 fully saturated rings. The number of aliphatic hydroxyl groups is 1. The zero-order valence-electron chi connectivity index (χ0n) is 11.9. The summed E-state index contributed by atoms with van der Waals surface area (Å²) in [5.41, 5.74) is -0.648. The highest BCUT2D eigenvalue weighted by Crippen LogP contribution is 2.12. The first-order valence-corrected chi connectivity index (χ1v) is 5.99. The molecule has 0 heterocycles. The van der Waals surface area contributed by atoms with Crippen molar-refractivity contribution in [2.24, 2.45) is 5.41 Å². The van der Waals surface area contributed by atoms with Crippen molar-refractivity contribution >= 4 is 17.8 Å². The number of hydrogen-bond acceptors (Lipinski definition) is 4. The molecule has 4 N–H and O–H groups in total. The Bertz CT molecular complexity index is 360. The normalized spacial score (nSPS) is 16.1. The highest BCUT2D eigenvalue weighted by atomic mass is 16.4. The van der Waals surface area contributed by atoms with Crippen LogP contribution in [-0.4, -0.2) is 46.2 Å². The van der Waals surface area contributed by atoms with Crippen molar-refractivity contribution in [2.45, 2.75) is 52.8 Å². The summed E-state index contributed by atoms with van der Waals surface area (Å²) in [5, 5.41) is 22.7. The number of hydrogen-bond donors (Lipinski definition) is 4. The molecule has 0 aliphatic heterocycles. The van der Waals surface area contributed by atoms with Gasteiger partial charge in [-0.25, -0.2) is 4.79 Å². The summed E-state index contributed by atoms with van der Waals surface area (Å²) in [5.74, 6) is -2.32. The third kappa shape index (κ3) is 5.69. The summed E-state index contributed by atoms with van der Waals surface area (Å²) >= 11 is 0. The van der Waals surface area contributed by atoms with E-state index in [2.05, 4.69) is 10.6 Å². The summed E-state index contributed by atoms with van der Waals surface area (Å²) in [4.78, 5) is 34.2. The van der Waals surface area contributed by atoms with Gasteiger partial charge in [-0.3, -0.25) is 9.59 Å². The zero-order chi connectivity index (χ0) is 15.4. The van der Waals surface area contributed by atoms with Gasteiger partial charge >= 0.3 is 5.97 Å². The van der Waals surface area contributed by atoms with Gasteiger partial charge in [0.05, 0.1) is 6.10 Å². The van der Waals surface area contributed by atoms with Crippen LogP contribution >= 0.6 is 0 Å². The minimum atomic E-state index is -1.40. The number of amides is 2. The van der Waals surface area contributed by atoms with Crippen molar-refractivity contribution in [3.05, 3.63) is 0 Å². The Morgan fingerprint density at radius 1 is 1.05 bits per heavy atom. The molecule has 19 heavy (non-hydrogen) atoms. The molecular formula is C12H22N2O5. The van der Waals surface area contributed by atoms with Gasteiger partial charge in [0.15, 0.2) is 6.04 Å². The fourth-order valence-corrected chi connectivity index (χ4v) is 1.15. The van der Waals surface area contributed by atoms with E-state index in [0.29, 0.717) is 0 Å². The van der Waals surface area contributed by atoms with Crippen LogP contribution in [0.3, 0.4) is 0 Å². The topological polar surface area (TPSA) is 116 Å². The Balaban J connectivity index is 4.58. The second kappa shape index (κ2) is 6.51. The molecule has 0 rings (SSSR count). The van der Waals surface area contributed by atoms with Crippen LogP contribution in [0.1, 0.15) is 34.6 Å². The second-order valence-electron chi connectivity index (χ2n) is 5.51. The smallest absolute Gasteiger partial charge is 0.328 e. The molecule has 0 aromatic heterocycles. The Labute approximate surface area is 112 Å². The van der Waals surface area contributed by atoms with Crippen LogP contribution in [0.4, 0.5) is 0 Å². The molecule has 0 bridgehead atoms. The molecule has 2 amide bonds.